The van der Waals surface area contributed by atoms with E-state index in [4.69, 9.17) is 76.0 Å². The molecule has 13 heterocycles. The molecule has 8 fully saturated rings. The van der Waals surface area contributed by atoms with Crippen molar-refractivity contribution in [3.63, 3.8) is 0 Å². The van der Waals surface area contributed by atoms with Crippen LogP contribution >= 0.6 is 0 Å². The van der Waals surface area contributed by atoms with Crippen LogP contribution in [0.3, 0.4) is 0 Å². The maximum absolute atomic E-state index is 14.5. The second-order valence-electron chi connectivity index (χ2n) is 37.1. The van der Waals surface area contributed by atoms with Crippen molar-refractivity contribution in [2.24, 2.45) is 52.2 Å². The molecule has 28 nitrogen and oxygen atoms in total. The van der Waals surface area contributed by atoms with Gasteiger partial charge in [-0.3, -0.25) is 19.9 Å². The van der Waals surface area contributed by atoms with Crippen LogP contribution in [0, 0.1) is 86.0 Å². The van der Waals surface area contributed by atoms with Crippen LogP contribution in [0.1, 0.15) is 119 Å². The van der Waals surface area contributed by atoms with E-state index >= 15 is 0 Å². The lowest BCUT2D eigenvalue weighted by Gasteiger charge is -2.35. The third kappa shape index (κ3) is 16.4. The lowest BCUT2D eigenvalue weighted by atomic mass is 9.93. The molecule has 0 radical (unpaired) electrons. The van der Waals surface area contributed by atoms with Crippen LogP contribution in [0.25, 0.3) is 44.5 Å². The molecule has 5 aliphatic heterocycles. The highest BCUT2D eigenvalue weighted by Crippen LogP contribution is 2.56. The number of hydrogen-bond donors (Lipinski definition) is 8. The molecule has 8 aromatic heterocycles. The zero-order valence-corrected chi connectivity index (χ0v) is 74.6. The van der Waals surface area contributed by atoms with Gasteiger partial charge < -0.3 is 82.3 Å². The first kappa shape index (κ1) is 84.8. The Labute approximate surface area is 757 Å². The van der Waals surface area contributed by atoms with Crippen LogP contribution in [0.2, 0.25) is 0 Å². The topological polar surface area (TPSA) is 343 Å². The Bertz CT molecular complexity index is 6420. The number of pyridine rings is 4. The minimum Gasteiger partial charge on any atom is -0.423 e. The highest BCUT2D eigenvalue weighted by Gasteiger charge is 2.55. The minimum atomic E-state index is -0.276. The van der Waals surface area contributed by atoms with Gasteiger partial charge in [-0.1, -0.05) is 0 Å². The maximum Gasteiger partial charge on any atom is 0.324 e. The average Bonchev–Trinajstić information content (AvgIpc) is 1.59. The Hall–Kier alpha value is -13.0. The second kappa shape index (κ2) is 34.4. The van der Waals surface area contributed by atoms with Crippen molar-refractivity contribution in [2.45, 2.75) is 129 Å². The van der Waals surface area contributed by atoms with Crippen molar-refractivity contribution in [2.75, 3.05) is 128 Å². The molecular weight excluding hydrogens is 1670 g/mol. The van der Waals surface area contributed by atoms with E-state index in [9.17, 15) is 17.6 Å². The highest BCUT2D eigenvalue weighted by atomic mass is 19.1. The molecule has 12 aliphatic rings. The number of nitrogens with zero attached hydrogens (tertiary/aromatic N) is 16. The average molecular weight is 1770 g/mol. The summed E-state index contributed by atoms with van der Waals surface area (Å²) in [5.74, 6) is 7.30. The molecule has 674 valence electrons. The summed E-state index contributed by atoms with van der Waals surface area (Å²) in [4.78, 5) is 64.9. The summed E-state index contributed by atoms with van der Waals surface area (Å²) in [5, 5.41) is 16.1. The molecule has 7 aliphatic carbocycles. The Balaban J connectivity index is 0.000000105. The summed E-state index contributed by atoms with van der Waals surface area (Å²) in [6, 6.07) is 30.0. The number of nitrogens with one attached hydrogen (secondary N) is 5. The monoisotopic (exact) mass is 1770 g/mol. The summed E-state index contributed by atoms with van der Waals surface area (Å²) in [6.45, 7) is 15.9. The van der Waals surface area contributed by atoms with E-state index in [0.717, 1.165) is 262 Å². The molecule has 3 saturated carbocycles. The summed E-state index contributed by atoms with van der Waals surface area (Å²) < 4.78 is 82.1. The summed E-state index contributed by atoms with van der Waals surface area (Å²) in [7, 11) is 7.25. The van der Waals surface area contributed by atoms with Gasteiger partial charge in [0.25, 0.3) is 0 Å². The predicted molar refractivity (Wildman–Crippen MR) is 497 cm³/mol. The number of fused-ring (bicyclic) bond motifs is 15. The van der Waals surface area contributed by atoms with Crippen molar-refractivity contribution in [1.29, 1.82) is 0 Å². The van der Waals surface area contributed by atoms with Crippen LogP contribution in [0.15, 0.2) is 122 Å². The van der Waals surface area contributed by atoms with Crippen LogP contribution in [0.5, 0.6) is 47.0 Å². The van der Waals surface area contributed by atoms with Crippen molar-refractivity contribution in [1.82, 2.24) is 65.1 Å². The van der Waals surface area contributed by atoms with Crippen molar-refractivity contribution in [3.8, 4) is 91.5 Å². The van der Waals surface area contributed by atoms with E-state index in [1.54, 1.807) is 49.1 Å². The number of benzene rings is 4. The number of nitrogens with two attached hydrogens (primary N) is 3. The van der Waals surface area contributed by atoms with Gasteiger partial charge in [0.1, 0.15) is 69.5 Å². The van der Waals surface area contributed by atoms with Gasteiger partial charge in [0.05, 0.1) is 47.6 Å². The molecule has 4 aromatic carbocycles. The van der Waals surface area contributed by atoms with Gasteiger partial charge in [-0.2, -0.15) is 39.9 Å². The number of hydrogen-bond acceptors (Lipinski definition) is 28. The van der Waals surface area contributed by atoms with E-state index < -0.39 is 0 Å². The normalized spacial score (nSPS) is 22.3. The van der Waals surface area contributed by atoms with Gasteiger partial charge in [-0.05, 0) is 257 Å². The number of rotatable bonds is 16. The summed E-state index contributed by atoms with van der Waals surface area (Å²) in [5.41, 5.74) is 40.6. The van der Waals surface area contributed by atoms with E-state index in [2.05, 4.69) is 66.1 Å². The van der Waals surface area contributed by atoms with Crippen molar-refractivity contribution >= 4 is 46.0 Å². The quantitative estimate of drug-likeness (QED) is 0.0417. The molecule has 131 heavy (non-hydrogen) atoms. The second-order valence-corrected chi connectivity index (χ2v) is 37.1. The first-order valence-electron chi connectivity index (χ1n) is 45.6. The molecule has 0 bridgehead atoms. The summed E-state index contributed by atoms with van der Waals surface area (Å²) >= 11 is 0. The first-order chi connectivity index (χ1) is 63.5. The fourth-order valence-corrected chi connectivity index (χ4v) is 22.1. The van der Waals surface area contributed by atoms with Gasteiger partial charge in [0, 0.05) is 204 Å². The fourth-order valence-electron chi connectivity index (χ4n) is 22.1. The maximum atomic E-state index is 14.5. The molecule has 24 rings (SSSR count). The third-order valence-corrected chi connectivity index (χ3v) is 28.7. The lowest BCUT2D eigenvalue weighted by molar-refractivity contribution is 0.378. The molecule has 32 heteroatoms. The van der Waals surface area contributed by atoms with E-state index in [1.165, 1.54) is 30.7 Å². The van der Waals surface area contributed by atoms with E-state index in [-0.39, 0.29) is 52.8 Å². The van der Waals surface area contributed by atoms with Gasteiger partial charge in [0.2, 0.25) is 0 Å². The van der Waals surface area contributed by atoms with E-state index in [0.29, 0.717) is 102 Å². The number of aryl methyl sites for hydroxylation is 4. The van der Waals surface area contributed by atoms with Gasteiger partial charge in [-0.15, -0.1) is 0 Å². The van der Waals surface area contributed by atoms with Gasteiger partial charge in [0.15, 0.2) is 0 Å². The molecule has 5 saturated heterocycles. The van der Waals surface area contributed by atoms with Gasteiger partial charge in [-0.25, -0.2) is 17.6 Å². The highest BCUT2D eigenvalue weighted by molar-refractivity contribution is 5.92. The molecule has 10 atom stereocenters. The lowest BCUT2D eigenvalue weighted by Crippen LogP contribution is -2.40. The smallest absolute Gasteiger partial charge is 0.324 e. The Kier molecular flexibility index (Phi) is 22.2. The molecule has 1 spiro atoms. The van der Waals surface area contributed by atoms with Crippen molar-refractivity contribution in [3.05, 3.63) is 213 Å². The van der Waals surface area contributed by atoms with Crippen LogP contribution in [0.4, 0.5) is 63.6 Å². The number of anilines is 8. The molecule has 12 aromatic rings. The largest absolute Gasteiger partial charge is 0.423 e. The Morgan fingerprint density at radius 3 is 1.08 bits per heavy atom. The Morgan fingerprint density at radius 1 is 0.405 bits per heavy atom. The zero-order chi connectivity index (χ0) is 89.9. The minimum absolute atomic E-state index is 0.164. The van der Waals surface area contributed by atoms with Crippen LogP contribution in [-0.2, 0) is 25.7 Å². The number of halogens is 4. The first-order valence-corrected chi connectivity index (χ1v) is 45.6. The number of ether oxygens (including phenoxy) is 4. The number of piperidine rings is 1. The molecule has 4 unspecified atom stereocenters. The standard InChI is InChI=1S/3C25H27FN6O.C24H25FN6O/c1-14-4-5-16(12-29-14)33-24-30-20-10-17-18(8-15(26)9-19(17)28-2)22(20)23(31-24)32-7-3-6-25(13-32)11-21(25)27;1-13-3-5-16(10-29-13)33-25-30-22-9-17-18(7-15(26)8-21(17)28-2)23(22)24(31-25)32-11-14-4-6-20(27)19(14)12-32;1-13-3-4-18(10-29-13)33-25-30-22-9-19-20(7-16(26)8-21(19)28-2)23(22)24(31-25)32-11-14-5-17(27)6-15(14)12-32;1-13-3-4-16(10-28-13)32-24-29-20-9-17-18(7-15(25)8-19(17)26-2)22(20)23(30-24)31-11-14-5-6-27-21(14)12-31/h4-5,8-9,12,21,28H,3,6-7,10-11,13,27H2,1-2H3;3,5,7-8,10,14,19-20,28H,4,6,9,11-12,27H2,1-2H3;3-4,7-8,10,14-15,17,28H,5-6,9,11-12,27H2,1-2H3;3-4,7-8,10,14,21,26-27H,5-6,9,11-12H2,1-2H3/t;14?,19-,20+;14-,15+,17?;14-,21+/m.1.1/s1. The summed E-state index contributed by atoms with van der Waals surface area (Å²) in [6.07, 6.45) is 17.8. The van der Waals surface area contributed by atoms with Crippen LogP contribution in [-0.4, -0.2) is 171 Å². The predicted octanol–water partition coefficient (Wildman–Crippen LogP) is 15.4. The zero-order valence-electron chi connectivity index (χ0n) is 74.6. The number of aromatic nitrogens is 12. The Morgan fingerprint density at radius 2 is 0.748 bits per heavy atom. The van der Waals surface area contributed by atoms with E-state index in [1.807, 2.05) is 104 Å². The van der Waals surface area contributed by atoms with Crippen molar-refractivity contribution < 1.29 is 36.5 Å². The van der Waals surface area contributed by atoms with Crippen LogP contribution < -0.4 is 82.3 Å². The molecule has 0 amide bonds. The van der Waals surface area contributed by atoms with Gasteiger partial charge >= 0.3 is 24.0 Å². The molecular formula is C99H106F4N24O4. The fraction of sp³-hybridized carbons (Fsp3) is 0.394. The third-order valence-electron chi connectivity index (χ3n) is 28.7. The SMILES string of the molecule is CNc1cc(F)cc2c1Cc1nc(Oc3ccc(C)nc3)nc(N3CC4CC[C@H](N)[C@@H]4C3)c1-2.CNc1cc(F)cc2c1Cc1nc(Oc3ccc(C)nc3)nc(N3CCCC4(CC4N)C3)c1-2.CNc1cc(F)cc2c1Cc1nc(Oc3ccc(C)nc3)nc(N3C[C@H]4CC(N)C[C@H]4C3)c1-2.CNc1cc(F)cc2c1Cc1nc(Oc3ccc(C)nc3)nc(N3C[C@H]4CCN[C@H]4C3)c1-2. The molecule has 11 N–H and O–H groups in total.